The number of methoxy groups -OCH3 is 1. The first-order chi connectivity index (χ1) is 7.58. The molecule has 1 aliphatic rings. The molecule has 1 fully saturated rings. The van der Waals surface area contributed by atoms with Crippen LogP contribution >= 0.6 is 0 Å². The van der Waals surface area contributed by atoms with Crippen molar-refractivity contribution in [2.24, 2.45) is 5.73 Å². The van der Waals surface area contributed by atoms with Gasteiger partial charge in [0.2, 0.25) is 5.91 Å². The summed E-state index contributed by atoms with van der Waals surface area (Å²) in [6.07, 6.45) is 1.12. The molecule has 5 nitrogen and oxygen atoms in total. The van der Waals surface area contributed by atoms with Gasteiger partial charge >= 0.3 is 0 Å². The SMILES string of the molecule is CCC1CN(C(=O)C(N)COC)CC(C)O1. The number of nitrogens with two attached hydrogens (primary N) is 1. The quantitative estimate of drug-likeness (QED) is 0.737. The van der Waals surface area contributed by atoms with Gasteiger partial charge < -0.3 is 20.1 Å². The van der Waals surface area contributed by atoms with Crippen molar-refractivity contribution in [3.8, 4) is 0 Å². The maximum absolute atomic E-state index is 12.0. The van der Waals surface area contributed by atoms with Gasteiger partial charge in [0.15, 0.2) is 0 Å². The molecule has 3 unspecified atom stereocenters. The molecule has 2 N–H and O–H groups in total. The van der Waals surface area contributed by atoms with Crippen LogP contribution in [-0.2, 0) is 14.3 Å². The highest BCUT2D eigenvalue weighted by Gasteiger charge is 2.29. The summed E-state index contributed by atoms with van der Waals surface area (Å²) < 4.78 is 10.6. The van der Waals surface area contributed by atoms with Crippen LogP contribution < -0.4 is 5.73 Å². The first kappa shape index (κ1) is 13.4. The van der Waals surface area contributed by atoms with E-state index in [4.69, 9.17) is 15.2 Å². The lowest BCUT2D eigenvalue weighted by Crippen LogP contribution is -2.54. The molecule has 1 heterocycles. The molecule has 0 aliphatic carbocycles. The summed E-state index contributed by atoms with van der Waals surface area (Å²) in [4.78, 5) is 13.7. The first-order valence-electron chi connectivity index (χ1n) is 5.77. The van der Waals surface area contributed by atoms with Crippen molar-refractivity contribution in [3.63, 3.8) is 0 Å². The fourth-order valence-electron chi connectivity index (χ4n) is 1.94. The van der Waals surface area contributed by atoms with Crippen LogP contribution in [0.25, 0.3) is 0 Å². The maximum atomic E-state index is 12.0. The Hall–Kier alpha value is -0.650. The van der Waals surface area contributed by atoms with Crippen LogP contribution in [-0.4, -0.2) is 55.9 Å². The third-order valence-electron chi connectivity index (χ3n) is 2.76. The number of morpholine rings is 1. The van der Waals surface area contributed by atoms with Gasteiger partial charge in [0.25, 0.3) is 0 Å². The highest BCUT2D eigenvalue weighted by Crippen LogP contribution is 2.14. The first-order valence-corrected chi connectivity index (χ1v) is 5.77. The minimum atomic E-state index is -0.562. The molecule has 5 heteroatoms. The Morgan fingerprint density at radius 3 is 2.88 bits per heavy atom. The third kappa shape index (κ3) is 3.43. The van der Waals surface area contributed by atoms with Crippen LogP contribution in [0.1, 0.15) is 20.3 Å². The number of rotatable bonds is 4. The Labute approximate surface area is 96.9 Å². The van der Waals surface area contributed by atoms with Gasteiger partial charge in [-0.25, -0.2) is 0 Å². The number of ether oxygens (including phenoxy) is 2. The molecule has 1 saturated heterocycles. The molecule has 1 rings (SSSR count). The molecular formula is C11H22N2O3. The standard InChI is InChI=1S/C11H22N2O3/c1-4-9-6-13(5-8(2)16-9)11(14)10(12)7-15-3/h8-10H,4-7,12H2,1-3H3. The van der Waals surface area contributed by atoms with Gasteiger partial charge in [-0.05, 0) is 13.3 Å². The molecule has 0 spiro atoms. The molecule has 0 aromatic carbocycles. The zero-order valence-corrected chi connectivity index (χ0v) is 10.3. The molecular weight excluding hydrogens is 208 g/mol. The Bertz CT molecular complexity index is 235. The van der Waals surface area contributed by atoms with E-state index in [-0.39, 0.29) is 24.7 Å². The summed E-state index contributed by atoms with van der Waals surface area (Å²) in [6.45, 7) is 5.55. The highest BCUT2D eigenvalue weighted by atomic mass is 16.5. The summed E-state index contributed by atoms with van der Waals surface area (Å²) in [5, 5.41) is 0. The number of hydrogen-bond donors (Lipinski definition) is 1. The van der Waals surface area contributed by atoms with E-state index in [1.165, 1.54) is 0 Å². The van der Waals surface area contributed by atoms with E-state index < -0.39 is 6.04 Å². The Balaban J connectivity index is 2.54. The van der Waals surface area contributed by atoms with E-state index in [2.05, 4.69) is 6.92 Å². The molecule has 0 aromatic heterocycles. The van der Waals surface area contributed by atoms with Gasteiger partial charge in [-0.2, -0.15) is 0 Å². The fourth-order valence-corrected chi connectivity index (χ4v) is 1.94. The Kier molecular flexibility index (Phi) is 5.18. The van der Waals surface area contributed by atoms with E-state index in [0.717, 1.165) is 6.42 Å². The Morgan fingerprint density at radius 2 is 2.31 bits per heavy atom. The smallest absolute Gasteiger partial charge is 0.242 e. The van der Waals surface area contributed by atoms with Gasteiger partial charge in [-0.1, -0.05) is 6.92 Å². The minimum Gasteiger partial charge on any atom is -0.383 e. The third-order valence-corrected chi connectivity index (χ3v) is 2.76. The molecule has 0 aromatic rings. The average Bonchev–Trinajstić information content (AvgIpc) is 2.27. The van der Waals surface area contributed by atoms with E-state index in [1.807, 2.05) is 6.92 Å². The molecule has 1 aliphatic heterocycles. The molecule has 94 valence electrons. The zero-order valence-electron chi connectivity index (χ0n) is 10.3. The van der Waals surface area contributed by atoms with E-state index in [9.17, 15) is 4.79 Å². The summed E-state index contributed by atoms with van der Waals surface area (Å²) in [6, 6.07) is -0.562. The molecule has 3 atom stereocenters. The second kappa shape index (κ2) is 6.18. The summed E-state index contributed by atoms with van der Waals surface area (Å²) in [7, 11) is 1.55. The molecule has 16 heavy (non-hydrogen) atoms. The van der Waals surface area contributed by atoms with Crippen molar-refractivity contribution in [3.05, 3.63) is 0 Å². The lowest BCUT2D eigenvalue weighted by Gasteiger charge is -2.37. The number of carbonyl (C=O) groups is 1. The largest absolute Gasteiger partial charge is 0.383 e. The van der Waals surface area contributed by atoms with Crippen LogP contribution in [0, 0.1) is 0 Å². The van der Waals surface area contributed by atoms with Crippen LogP contribution in [0.5, 0.6) is 0 Å². The summed E-state index contributed by atoms with van der Waals surface area (Å²) in [5.41, 5.74) is 5.73. The van der Waals surface area contributed by atoms with Crippen molar-refractivity contribution in [1.29, 1.82) is 0 Å². The maximum Gasteiger partial charge on any atom is 0.242 e. The number of nitrogens with zero attached hydrogens (tertiary/aromatic N) is 1. The minimum absolute atomic E-state index is 0.0459. The molecule has 0 saturated carbocycles. The van der Waals surface area contributed by atoms with Crippen molar-refractivity contribution >= 4 is 5.91 Å². The topological polar surface area (TPSA) is 64.8 Å². The van der Waals surface area contributed by atoms with Gasteiger partial charge in [-0.3, -0.25) is 4.79 Å². The lowest BCUT2D eigenvalue weighted by molar-refractivity contribution is -0.146. The van der Waals surface area contributed by atoms with Crippen LogP contribution in [0.15, 0.2) is 0 Å². The van der Waals surface area contributed by atoms with Gasteiger partial charge in [-0.15, -0.1) is 0 Å². The average molecular weight is 230 g/mol. The number of amides is 1. The van der Waals surface area contributed by atoms with Crippen molar-refractivity contribution < 1.29 is 14.3 Å². The van der Waals surface area contributed by atoms with Crippen LogP contribution in [0.4, 0.5) is 0 Å². The lowest BCUT2D eigenvalue weighted by atomic mass is 10.1. The molecule has 0 bridgehead atoms. The van der Waals surface area contributed by atoms with E-state index >= 15 is 0 Å². The summed E-state index contributed by atoms with van der Waals surface area (Å²) in [5.74, 6) is -0.0459. The van der Waals surface area contributed by atoms with Gasteiger partial charge in [0.05, 0.1) is 18.8 Å². The normalized spacial score (nSPS) is 27.9. The number of carbonyl (C=O) groups excluding carboxylic acids is 1. The number of hydrogen-bond acceptors (Lipinski definition) is 4. The second-order valence-corrected chi connectivity index (χ2v) is 4.28. The van der Waals surface area contributed by atoms with Crippen LogP contribution in [0.3, 0.4) is 0 Å². The predicted octanol–water partition coefficient (Wildman–Crippen LogP) is -0.0140. The van der Waals surface area contributed by atoms with Gasteiger partial charge in [0.1, 0.15) is 6.04 Å². The predicted molar refractivity (Wildman–Crippen MR) is 61.1 cm³/mol. The highest BCUT2D eigenvalue weighted by molar-refractivity contribution is 5.82. The fraction of sp³-hybridized carbons (Fsp3) is 0.909. The molecule has 1 amide bonds. The van der Waals surface area contributed by atoms with Crippen LogP contribution in [0.2, 0.25) is 0 Å². The van der Waals surface area contributed by atoms with Gasteiger partial charge in [0, 0.05) is 20.2 Å². The monoisotopic (exact) mass is 230 g/mol. The van der Waals surface area contributed by atoms with E-state index in [1.54, 1.807) is 12.0 Å². The second-order valence-electron chi connectivity index (χ2n) is 4.28. The zero-order chi connectivity index (χ0) is 12.1. The van der Waals surface area contributed by atoms with E-state index in [0.29, 0.717) is 13.1 Å². The summed E-state index contributed by atoms with van der Waals surface area (Å²) >= 11 is 0. The van der Waals surface area contributed by atoms with Crippen molar-refractivity contribution in [2.75, 3.05) is 26.8 Å². The van der Waals surface area contributed by atoms with Crippen molar-refractivity contribution in [2.45, 2.75) is 38.5 Å². The van der Waals surface area contributed by atoms with Crippen molar-refractivity contribution in [1.82, 2.24) is 4.90 Å². The Morgan fingerprint density at radius 1 is 1.62 bits per heavy atom. The molecule has 0 radical (unpaired) electrons.